The number of nitrogens with one attached hydrogen (secondary N) is 1. The monoisotopic (exact) mass is 210 g/mol. The summed E-state index contributed by atoms with van der Waals surface area (Å²) in [5.41, 5.74) is 3.62. The second-order valence-corrected chi connectivity index (χ2v) is 6.22. The van der Waals surface area contributed by atoms with Crippen molar-refractivity contribution in [3.63, 3.8) is 0 Å². The van der Waals surface area contributed by atoms with E-state index in [-0.39, 0.29) is 0 Å². The molecule has 0 spiro atoms. The minimum absolute atomic E-state index is 0.491. The Morgan fingerprint density at radius 2 is 1.87 bits per heavy atom. The molecule has 2 saturated carbocycles. The van der Waals surface area contributed by atoms with Crippen LogP contribution in [0.2, 0.25) is 0 Å². The van der Waals surface area contributed by atoms with E-state index in [9.17, 15) is 0 Å². The number of hydrogen-bond donors (Lipinski definition) is 2. The number of hydrogen-bond acceptors (Lipinski definition) is 2. The van der Waals surface area contributed by atoms with Crippen molar-refractivity contribution in [3.8, 4) is 0 Å². The maximum Gasteiger partial charge on any atom is 0.0272 e. The fourth-order valence-electron chi connectivity index (χ4n) is 3.57. The molecule has 0 aliphatic heterocycles. The van der Waals surface area contributed by atoms with E-state index < -0.39 is 0 Å². The predicted octanol–water partition coefficient (Wildman–Crippen LogP) is 2.83. The van der Waals surface area contributed by atoms with Crippen molar-refractivity contribution in [2.75, 3.05) is 0 Å². The van der Waals surface area contributed by atoms with Crippen molar-refractivity contribution in [3.05, 3.63) is 0 Å². The Balaban J connectivity index is 2.04. The summed E-state index contributed by atoms with van der Waals surface area (Å²) in [5, 5.41) is 0. The Morgan fingerprint density at radius 3 is 2.33 bits per heavy atom. The van der Waals surface area contributed by atoms with Crippen molar-refractivity contribution in [2.24, 2.45) is 23.1 Å². The molecule has 0 saturated heterocycles. The zero-order valence-corrected chi connectivity index (χ0v) is 10.3. The van der Waals surface area contributed by atoms with Gasteiger partial charge in [0.1, 0.15) is 0 Å². The second-order valence-electron chi connectivity index (χ2n) is 6.22. The average Bonchev–Trinajstić information content (AvgIpc) is 2.11. The van der Waals surface area contributed by atoms with Crippen molar-refractivity contribution >= 4 is 0 Å². The van der Waals surface area contributed by atoms with Crippen LogP contribution in [-0.2, 0) is 0 Å². The van der Waals surface area contributed by atoms with Crippen molar-refractivity contribution in [1.29, 1.82) is 0 Å². The standard InChI is InChI=1S/C13H26N2/c1-13(2)9-4-3-8-11(13)12(15-14)10-6-5-7-10/h10-12,15H,3-9,14H2,1-2H3. The first-order valence-corrected chi connectivity index (χ1v) is 6.61. The molecule has 0 amide bonds. The Hall–Kier alpha value is -0.0800. The fourth-order valence-corrected chi connectivity index (χ4v) is 3.57. The zero-order chi connectivity index (χ0) is 10.9. The van der Waals surface area contributed by atoms with Gasteiger partial charge in [-0.05, 0) is 42.9 Å². The fraction of sp³-hybridized carbons (Fsp3) is 1.00. The van der Waals surface area contributed by atoms with Crippen molar-refractivity contribution < 1.29 is 0 Å². The lowest BCUT2D eigenvalue weighted by Crippen LogP contribution is -2.53. The molecule has 0 bridgehead atoms. The molecule has 0 heterocycles. The van der Waals surface area contributed by atoms with Gasteiger partial charge in [-0.1, -0.05) is 33.1 Å². The Morgan fingerprint density at radius 1 is 1.13 bits per heavy atom. The molecular formula is C13H26N2. The molecule has 2 unspecified atom stereocenters. The second kappa shape index (κ2) is 4.42. The molecule has 0 radical (unpaired) electrons. The van der Waals surface area contributed by atoms with E-state index in [0.717, 1.165) is 11.8 Å². The summed E-state index contributed by atoms with van der Waals surface area (Å²) < 4.78 is 0. The molecule has 2 fully saturated rings. The lowest BCUT2D eigenvalue weighted by atomic mass is 9.61. The summed E-state index contributed by atoms with van der Waals surface area (Å²) in [6.45, 7) is 4.86. The van der Waals surface area contributed by atoms with Gasteiger partial charge < -0.3 is 0 Å². The van der Waals surface area contributed by atoms with Gasteiger partial charge in [0.25, 0.3) is 0 Å². The van der Waals surface area contributed by atoms with Gasteiger partial charge in [0.15, 0.2) is 0 Å². The topological polar surface area (TPSA) is 38.0 Å². The summed E-state index contributed by atoms with van der Waals surface area (Å²) >= 11 is 0. The van der Waals surface area contributed by atoms with E-state index in [1.165, 1.54) is 44.9 Å². The predicted molar refractivity (Wildman–Crippen MR) is 64.2 cm³/mol. The third-order valence-electron chi connectivity index (χ3n) is 4.87. The molecule has 2 rings (SSSR count). The molecule has 2 heteroatoms. The van der Waals surface area contributed by atoms with E-state index in [1.54, 1.807) is 0 Å². The number of nitrogens with two attached hydrogens (primary N) is 1. The molecule has 2 aliphatic rings. The van der Waals surface area contributed by atoms with E-state index in [0.29, 0.717) is 11.5 Å². The Labute approximate surface area is 94.0 Å². The van der Waals surface area contributed by atoms with Crippen LogP contribution in [0, 0.1) is 17.3 Å². The normalized spacial score (nSPS) is 33.4. The molecule has 0 aromatic carbocycles. The summed E-state index contributed by atoms with van der Waals surface area (Å²) in [6.07, 6.45) is 9.75. The molecule has 3 N–H and O–H groups in total. The average molecular weight is 210 g/mol. The Kier molecular flexibility index (Phi) is 3.36. The maximum atomic E-state index is 5.79. The van der Waals surface area contributed by atoms with Crippen molar-refractivity contribution in [1.82, 2.24) is 5.43 Å². The van der Waals surface area contributed by atoms with Crippen LogP contribution in [0.3, 0.4) is 0 Å². The molecule has 0 aromatic heterocycles. The molecule has 2 aliphatic carbocycles. The highest BCUT2D eigenvalue weighted by Gasteiger charge is 2.41. The summed E-state index contributed by atoms with van der Waals surface area (Å²) in [6, 6.07) is 0.578. The number of rotatable bonds is 3. The van der Waals surface area contributed by atoms with Crippen LogP contribution in [0.5, 0.6) is 0 Å². The van der Waals surface area contributed by atoms with Crippen molar-refractivity contribution in [2.45, 2.75) is 64.8 Å². The van der Waals surface area contributed by atoms with Gasteiger partial charge in [-0.2, -0.15) is 0 Å². The van der Waals surface area contributed by atoms with E-state index in [1.807, 2.05) is 0 Å². The zero-order valence-electron chi connectivity index (χ0n) is 10.3. The van der Waals surface area contributed by atoms with E-state index in [2.05, 4.69) is 19.3 Å². The van der Waals surface area contributed by atoms with Crippen LogP contribution in [0.15, 0.2) is 0 Å². The Bertz CT molecular complexity index is 209. The van der Waals surface area contributed by atoms with Gasteiger partial charge in [0.2, 0.25) is 0 Å². The van der Waals surface area contributed by atoms with Gasteiger partial charge in [-0.3, -0.25) is 11.3 Å². The van der Waals surface area contributed by atoms with Crippen LogP contribution >= 0.6 is 0 Å². The van der Waals surface area contributed by atoms with Crippen LogP contribution in [0.1, 0.15) is 58.8 Å². The van der Waals surface area contributed by atoms with E-state index >= 15 is 0 Å². The first kappa shape index (κ1) is 11.4. The molecular weight excluding hydrogens is 184 g/mol. The maximum absolute atomic E-state index is 5.79. The van der Waals surface area contributed by atoms with Crippen LogP contribution < -0.4 is 11.3 Å². The van der Waals surface area contributed by atoms with Gasteiger partial charge in [-0.25, -0.2) is 0 Å². The lowest BCUT2D eigenvalue weighted by Gasteiger charge is -2.47. The lowest BCUT2D eigenvalue weighted by molar-refractivity contribution is 0.0513. The third kappa shape index (κ3) is 2.21. The van der Waals surface area contributed by atoms with Gasteiger partial charge in [-0.15, -0.1) is 0 Å². The van der Waals surface area contributed by atoms with Crippen LogP contribution in [0.4, 0.5) is 0 Å². The minimum Gasteiger partial charge on any atom is -0.271 e. The number of hydrazine groups is 1. The highest BCUT2D eigenvalue weighted by molar-refractivity contribution is 4.94. The first-order valence-electron chi connectivity index (χ1n) is 6.61. The van der Waals surface area contributed by atoms with Gasteiger partial charge in [0.05, 0.1) is 0 Å². The highest BCUT2D eigenvalue weighted by Crippen LogP contribution is 2.46. The molecule has 15 heavy (non-hydrogen) atoms. The van der Waals surface area contributed by atoms with Crippen LogP contribution in [-0.4, -0.2) is 6.04 Å². The molecule has 0 aromatic rings. The highest BCUT2D eigenvalue weighted by atomic mass is 15.2. The quantitative estimate of drug-likeness (QED) is 0.555. The minimum atomic E-state index is 0.491. The summed E-state index contributed by atoms with van der Waals surface area (Å²) in [7, 11) is 0. The van der Waals surface area contributed by atoms with E-state index in [4.69, 9.17) is 5.84 Å². The largest absolute Gasteiger partial charge is 0.271 e. The first-order chi connectivity index (χ1) is 7.15. The smallest absolute Gasteiger partial charge is 0.0272 e. The van der Waals surface area contributed by atoms with Crippen LogP contribution in [0.25, 0.3) is 0 Å². The molecule has 88 valence electrons. The SMILES string of the molecule is CC1(C)CCCCC1C(NN)C1CCC1. The summed E-state index contributed by atoms with van der Waals surface area (Å²) in [5.74, 6) is 7.44. The van der Waals surface area contributed by atoms with Gasteiger partial charge >= 0.3 is 0 Å². The third-order valence-corrected chi connectivity index (χ3v) is 4.87. The summed E-state index contributed by atoms with van der Waals surface area (Å²) in [4.78, 5) is 0. The molecule has 2 nitrogen and oxygen atoms in total. The van der Waals surface area contributed by atoms with Gasteiger partial charge in [0, 0.05) is 6.04 Å². The molecule has 2 atom stereocenters.